The molecule has 0 bridgehead atoms. The topological polar surface area (TPSA) is 43.8 Å². The molecule has 0 saturated carbocycles. The van der Waals surface area contributed by atoms with E-state index in [-0.39, 0.29) is 12.0 Å². The van der Waals surface area contributed by atoms with Gasteiger partial charge in [-0.15, -0.1) is 11.3 Å². The Kier molecular flexibility index (Phi) is 5.16. The molecule has 0 radical (unpaired) electrons. The molecule has 22 heavy (non-hydrogen) atoms. The van der Waals surface area contributed by atoms with Crippen LogP contribution in [0.15, 0.2) is 11.4 Å². The summed E-state index contributed by atoms with van der Waals surface area (Å²) in [6.07, 6.45) is 3.54. The summed E-state index contributed by atoms with van der Waals surface area (Å²) in [6.45, 7) is 6.44. The maximum Gasteiger partial charge on any atom is 0.224 e. The van der Waals surface area contributed by atoms with Crippen molar-refractivity contribution >= 4 is 17.2 Å². The summed E-state index contributed by atoms with van der Waals surface area (Å²) in [5.41, 5.74) is 1.34. The van der Waals surface area contributed by atoms with Gasteiger partial charge in [-0.2, -0.15) is 0 Å². The van der Waals surface area contributed by atoms with Crippen LogP contribution in [0.4, 0.5) is 0 Å². The number of rotatable bonds is 4. The van der Waals surface area contributed by atoms with E-state index in [9.17, 15) is 9.90 Å². The Morgan fingerprint density at radius 2 is 2.18 bits per heavy atom. The van der Waals surface area contributed by atoms with Crippen molar-refractivity contribution in [3.8, 4) is 0 Å². The van der Waals surface area contributed by atoms with Crippen molar-refractivity contribution in [2.24, 2.45) is 5.92 Å². The second kappa shape index (κ2) is 7.11. The van der Waals surface area contributed by atoms with Crippen molar-refractivity contribution in [3.63, 3.8) is 0 Å². The van der Waals surface area contributed by atoms with Crippen LogP contribution in [-0.4, -0.2) is 53.1 Å². The first-order valence-corrected chi connectivity index (χ1v) is 9.25. The maximum atomic E-state index is 12.4. The molecule has 1 aromatic heterocycles. The van der Waals surface area contributed by atoms with Gasteiger partial charge in [0.25, 0.3) is 0 Å². The molecule has 122 valence electrons. The average Bonchev–Trinajstić information content (AvgIpc) is 3.00. The summed E-state index contributed by atoms with van der Waals surface area (Å²) < 4.78 is 0. The molecular weight excluding hydrogens is 296 g/mol. The molecule has 1 saturated heterocycles. The first-order valence-electron chi connectivity index (χ1n) is 8.37. The van der Waals surface area contributed by atoms with Crippen LogP contribution in [0.2, 0.25) is 0 Å². The molecule has 3 rings (SSSR count). The number of likely N-dealkylation sites (tertiary alicyclic amines) is 1. The van der Waals surface area contributed by atoms with Crippen molar-refractivity contribution in [2.75, 3.05) is 26.2 Å². The van der Waals surface area contributed by atoms with Crippen LogP contribution in [-0.2, 0) is 17.8 Å². The summed E-state index contributed by atoms with van der Waals surface area (Å²) in [4.78, 5) is 18.2. The van der Waals surface area contributed by atoms with Crippen LogP contribution in [0.3, 0.4) is 0 Å². The molecule has 1 amide bonds. The number of piperidine rings is 1. The fraction of sp³-hybridized carbons (Fsp3) is 0.706. The molecule has 0 aromatic carbocycles. The second-order valence-corrected chi connectivity index (χ2v) is 7.60. The number of fused-ring (bicyclic) bond motifs is 1. The van der Waals surface area contributed by atoms with Crippen LogP contribution in [0.25, 0.3) is 0 Å². The lowest BCUT2D eigenvalue weighted by Gasteiger charge is -2.34. The highest BCUT2D eigenvalue weighted by Gasteiger charge is 2.25. The van der Waals surface area contributed by atoms with Gasteiger partial charge >= 0.3 is 0 Å². The molecule has 1 aromatic rings. The predicted octanol–water partition coefficient (Wildman–Crippen LogP) is 2.12. The number of carbonyl (C=O) groups excluding carboxylic acids is 1. The lowest BCUT2D eigenvalue weighted by atomic mass is 9.92. The molecule has 1 fully saturated rings. The van der Waals surface area contributed by atoms with Gasteiger partial charge in [0.2, 0.25) is 5.91 Å². The van der Waals surface area contributed by atoms with E-state index in [1.54, 1.807) is 0 Å². The molecular formula is C17H26N2O2S. The summed E-state index contributed by atoms with van der Waals surface area (Å²) in [5.74, 6) is 0.723. The molecule has 5 heteroatoms. The minimum atomic E-state index is -0.197. The average molecular weight is 322 g/mol. The zero-order chi connectivity index (χ0) is 15.5. The Labute approximate surface area is 136 Å². The monoisotopic (exact) mass is 322 g/mol. The van der Waals surface area contributed by atoms with E-state index in [1.807, 2.05) is 23.2 Å². The number of aliphatic hydroxyl groups excluding tert-OH is 1. The van der Waals surface area contributed by atoms with Crippen molar-refractivity contribution in [2.45, 2.75) is 45.3 Å². The van der Waals surface area contributed by atoms with Crippen LogP contribution < -0.4 is 0 Å². The molecule has 1 unspecified atom stereocenters. The molecule has 2 aliphatic rings. The summed E-state index contributed by atoms with van der Waals surface area (Å²) in [5, 5.41) is 11.8. The molecule has 0 spiro atoms. The minimum absolute atomic E-state index is 0.197. The Bertz CT molecular complexity index is 507. The number of aliphatic hydroxyl groups is 1. The number of nitrogens with zero attached hydrogens (tertiary/aromatic N) is 2. The van der Waals surface area contributed by atoms with Crippen molar-refractivity contribution in [1.82, 2.24) is 9.80 Å². The van der Waals surface area contributed by atoms with Crippen LogP contribution in [0.5, 0.6) is 0 Å². The molecule has 3 heterocycles. The van der Waals surface area contributed by atoms with E-state index >= 15 is 0 Å². The lowest BCUT2D eigenvalue weighted by Crippen LogP contribution is -2.40. The summed E-state index contributed by atoms with van der Waals surface area (Å²) >= 11 is 1.81. The van der Waals surface area contributed by atoms with Gasteiger partial charge in [-0.05, 0) is 62.2 Å². The van der Waals surface area contributed by atoms with Crippen LogP contribution >= 0.6 is 11.3 Å². The normalized spacial score (nSPS) is 21.6. The largest absolute Gasteiger partial charge is 0.393 e. The Hall–Kier alpha value is -0.910. The van der Waals surface area contributed by atoms with Crippen molar-refractivity contribution < 1.29 is 9.90 Å². The Morgan fingerprint density at radius 3 is 2.91 bits per heavy atom. The zero-order valence-electron chi connectivity index (χ0n) is 13.3. The summed E-state index contributed by atoms with van der Waals surface area (Å²) in [7, 11) is 0. The number of hydrogen-bond acceptors (Lipinski definition) is 4. The van der Waals surface area contributed by atoms with E-state index in [0.717, 1.165) is 52.0 Å². The number of carbonyl (C=O) groups is 1. The van der Waals surface area contributed by atoms with Crippen LogP contribution in [0, 0.1) is 5.92 Å². The van der Waals surface area contributed by atoms with Crippen molar-refractivity contribution in [1.29, 1.82) is 0 Å². The quantitative estimate of drug-likeness (QED) is 0.923. The summed E-state index contributed by atoms with van der Waals surface area (Å²) in [6, 6.07) is 2.15. The zero-order valence-corrected chi connectivity index (χ0v) is 14.1. The van der Waals surface area contributed by atoms with Gasteiger partial charge in [-0.25, -0.2) is 0 Å². The maximum absolute atomic E-state index is 12.4. The lowest BCUT2D eigenvalue weighted by molar-refractivity contribution is -0.132. The third kappa shape index (κ3) is 3.70. The smallest absolute Gasteiger partial charge is 0.224 e. The molecule has 2 aliphatic heterocycles. The molecule has 4 nitrogen and oxygen atoms in total. The molecule has 0 aliphatic carbocycles. The van der Waals surface area contributed by atoms with E-state index < -0.39 is 0 Å². The van der Waals surface area contributed by atoms with E-state index in [1.165, 1.54) is 10.4 Å². The minimum Gasteiger partial charge on any atom is -0.393 e. The highest BCUT2D eigenvalue weighted by molar-refractivity contribution is 7.10. The first kappa shape index (κ1) is 16.0. The van der Waals surface area contributed by atoms with Gasteiger partial charge in [-0.3, -0.25) is 4.79 Å². The van der Waals surface area contributed by atoms with Gasteiger partial charge in [-0.1, -0.05) is 0 Å². The van der Waals surface area contributed by atoms with Gasteiger partial charge in [0.1, 0.15) is 0 Å². The number of amides is 1. The fourth-order valence-corrected chi connectivity index (χ4v) is 4.42. The second-order valence-electron chi connectivity index (χ2n) is 6.60. The van der Waals surface area contributed by atoms with Gasteiger partial charge in [0, 0.05) is 30.9 Å². The Balaban J connectivity index is 1.42. The predicted molar refractivity (Wildman–Crippen MR) is 88.9 cm³/mol. The highest BCUT2D eigenvalue weighted by Crippen LogP contribution is 2.25. The molecule has 1 N–H and O–H groups in total. The van der Waals surface area contributed by atoms with Gasteiger partial charge in [0.15, 0.2) is 0 Å². The van der Waals surface area contributed by atoms with Gasteiger partial charge < -0.3 is 14.9 Å². The third-order valence-corrected chi connectivity index (χ3v) is 6.14. The Morgan fingerprint density at radius 1 is 1.41 bits per heavy atom. The first-order chi connectivity index (χ1) is 10.6. The third-order valence-electron chi connectivity index (χ3n) is 5.12. The highest BCUT2D eigenvalue weighted by atomic mass is 32.1. The van der Waals surface area contributed by atoms with E-state index in [2.05, 4.69) is 16.3 Å². The fourth-order valence-electron chi connectivity index (χ4n) is 3.53. The van der Waals surface area contributed by atoms with Crippen molar-refractivity contribution in [3.05, 3.63) is 21.9 Å². The van der Waals surface area contributed by atoms with Crippen LogP contribution in [0.1, 0.15) is 36.6 Å². The van der Waals surface area contributed by atoms with E-state index in [4.69, 9.17) is 0 Å². The molecule has 1 atom stereocenters. The van der Waals surface area contributed by atoms with E-state index in [0.29, 0.717) is 12.3 Å². The number of hydrogen-bond donors (Lipinski definition) is 1. The standard InChI is InChI=1S/C17H26N2O2S/c1-13(20)14-2-7-18(8-3-14)9-5-17(21)19-10-4-16-15(12-19)6-11-22-16/h6,11,13-14,20H,2-5,7-10,12H2,1H3. The SMILES string of the molecule is CC(O)C1CCN(CCC(=O)N2CCc3sccc3C2)CC1. The van der Waals surface area contributed by atoms with Gasteiger partial charge in [0.05, 0.1) is 6.10 Å². The number of thiophene rings is 1.